The van der Waals surface area contributed by atoms with Crippen molar-refractivity contribution in [3.63, 3.8) is 0 Å². The molecule has 0 radical (unpaired) electrons. The first-order valence-corrected chi connectivity index (χ1v) is 11.6. The fourth-order valence-electron chi connectivity index (χ4n) is 4.60. The van der Waals surface area contributed by atoms with Gasteiger partial charge in [0.25, 0.3) is 0 Å². The van der Waals surface area contributed by atoms with Gasteiger partial charge in [-0.2, -0.15) is 0 Å². The second-order valence-corrected chi connectivity index (χ2v) is 9.38. The zero-order valence-electron chi connectivity index (χ0n) is 18.1. The van der Waals surface area contributed by atoms with E-state index in [1.807, 2.05) is 30.3 Å². The average Bonchev–Trinajstić information content (AvgIpc) is 3.62. The highest BCUT2D eigenvalue weighted by Crippen LogP contribution is 2.45. The fraction of sp³-hybridized carbons (Fsp3) is 0.296. The zero-order chi connectivity index (χ0) is 22.9. The van der Waals surface area contributed by atoms with E-state index >= 15 is 0 Å². The number of hydrogen-bond acceptors (Lipinski definition) is 3. The van der Waals surface area contributed by atoms with Crippen molar-refractivity contribution in [3.05, 3.63) is 99.8 Å². The number of carboxylic acids is 1. The second kappa shape index (κ2) is 9.16. The van der Waals surface area contributed by atoms with Crippen LogP contribution in [0.5, 0.6) is 5.75 Å². The lowest BCUT2D eigenvalue weighted by Crippen LogP contribution is -2.51. The van der Waals surface area contributed by atoms with Crippen LogP contribution in [0.3, 0.4) is 0 Å². The minimum Gasteiger partial charge on any atom is -0.493 e. The third-order valence-electron chi connectivity index (χ3n) is 6.47. The fourth-order valence-corrected chi connectivity index (χ4v) is 4.73. The van der Waals surface area contributed by atoms with Crippen molar-refractivity contribution in [1.82, 2.24) is 4.90 Å². The molecule has 33 heavy (non-hydrogen) atoms. The lowest BCUT2D eigenvalue weighted by Gasteiger charge is -2.44. The van der Waals surface area contributed by atoms with Crippen molar-refractivity contribution >= 4 is 17.6 Å². The van der Waals surface area contributed by atoms with Crippen LogP contribution in [-0.4, -0.2) is 35.7 Å². The summed E-state index contributed by atoms with van der Waals surface area (Å²) in [5.74, 6) is -0.925. The van der Waals surface area contributed by atoms with E-state index in [2.05, 4.69) is 29.2 Å². The van der Waals surface area contributed by atoms with Crippen LogP contribution in [0.1, 0.15) is 51.8 Å². The summed E-state index contributed by atoms with van der Waals surface area (Å²) >= 11 is 6.10. The van der Waals surface area contributed by atoms with Gasteiger partial charge in [0, 0.05) is 30.1 Å². The van der Waals surface area contributed by atoms with Gasteiger partial charge in [0.1, 0.15) is 11.6 Å². The smallest absolute Gasteiger partial charge is 0.338 e. The number of aromatic carboxylic acids is 1. The van der Waals surface area contributed by atoms with Gasteiger partial charge in [0.15, 0.2) is 0 Å². The molecule has 4 nitrogen and oxygen atoms in total. The molecule has 0 spiro atoms. The third-order valence-corrected chi connectivity index (χ3v) is 6.73. The summed E-state index contributed by atoms with van der Waals surface area (Å²) in [7, 11) is 0. The number of halogens is 2. The number of carboxylic acid groups (broad SMARTS) is 1. The van der Waals surface area contributed by atoms with E-state index < -0.39 is 11.8 Å². The number of nitrogens with zero attached hydrogens (tertiary/aromatic N) is 1. The van der Waals surface area contributed by atoms with Gasteiger partial charge in [-0.3, -0.25) is 4.90 Å². The maximum absolute atomic E-state index is 14.3. The van der Waals surface area contributed by atoms with Crippen molar-refractivity contribution in [1.29, 1.82) is 0 Å². The minimum absolute atomic E-state index is 0.133. The summed E-state index contributed by atoms with van der Waals surface area (Å²) in [5.41, 5.74) is 2.94. The molecule has 1 saturated carbocycles. The predicted octanol–water partition coefficient (Wildman–Crippen LogP) is 6.15. The molecule has 1 unspecified atom stereocenters. The normalized spacial score (nSPS) is 17.4. The topological polar surface area (TPSA) is 49.8 Å². The Kier molecular flexibility index (Phi) is 6.09. The quantitative estimate of drug-likeness (QED) is 0.433. The molecular formula is C27H25ClFNO3. The first-order chi connectivity index (χ1) is 16.0. The minimum atomic E-state index is -1.25. The highest BCUT2D eigenvalue weighted by molar-refractivity contribution is 6.30. The van der Waals surface area contributed by atoms with Gasteiger partial charge in [0.05, 0.1) is 18.2 Å². The monoisotopic (exact) mass is 465 g/mol. The molecule has 2 aliphatic rings. The van der Waals surface area contributed by atoms with E-state index in [1.165, 1.54) is 23.3 Å². The van der Waals surface area contributed by atoms with Gasteiger partial charge in [-0.25, -0.2) is 9.18 Å². The number of rotatable bonds is 8. The van der Waals surface area contributed by atoms with Crippen LogP contribution in [0.25, 0.3) is 0 Å². The predicted molar refractivity (Wildman–Crippen MR) is 126 cm³/mol. The molecule has 170 valence electrons. The maximum atomic E-state index is 14.3. The van der Waals surface area contributed by atoms with Gasteiger partial charge in [-0.15, -0.1) is 0 Å². The van der Waals surface area contributed by atoms with E-state index in [9.17, 15) is 14.3 Å². The molecule has 3 aromatic carbocycles. The summed E-state index contributed by atoms with van der Waals surface area (Å²) in [5, 5.41) is 9.95. The third kappa shape index (κ3) is 4.75. The van der Waals surface area contributed by atoms with Crippen molar-refractivity contribution in [2.75, 3.05) is 19.7 Å². The van der Waals surface area contributed by atoms with Crippen LogP contribution in [0.15, 0.2) is 66.7 Å². The zero-order valence-corrected chi connectivity index (χ0v) is 18.8. The summed E-state index contributed by atoms with van der Waals surface area (Å²) in [6.07, 6.45) is 1.97. The summed E-state index contributed by atoms with van der Waals surface area (Å²) < 4.78 is 20.3. The largest absolute Gasteiger partial charge is 0.493 e. The molecule has 1 aliphatic heterocycles. The summed E-state index contributed by atoms with van der Waals surface area (Å²) in [6.45, 7) is 2.19. The van der Waals surface area contributed by atoms with E-state index in [1.54, 1.807) is 0 Å². The molecule has 3 aromatic rings. The lowest BCUT2D eigenvalue weighted by molar-refractivity contribution is 0.0375. The Balaban J connectivity index is 1.28. The van der Waals surface area contributed by atoms with Crippen LogP contribution in [0, 0.1) is 11.7 Å². The molecule has 0 aromatic heterocycles. The Morgan fingerprint density at radius 1 is 1.06 bits per heavy atom. The van der Waals surface area contributed by atoms with Gasteiger partial charge in [0.2, 0.25) is 0 Å². The van der Waals surface area contributed by atoms with Crippen molar-refractivity contribution in [2.24, 2.45) is 5.92 Å². The summed E-state index contributed by atoms with van der Waals surface area (Å²) in [4.78, 5) is 13.7. The van der Waals surface area contributed by atoms with Crippen LogP contribution in [0.2, 0.25) is 5.02 Å². The average molecular weight is 466 g/mol. The van der Waals surface area contributed by atoms with Gasteiger partial charge in [-0.05, 0) is 53.6 Å². The molecule has 1 N–H and O–H groups in total. The molecule has 2 fully saturated rings. The second-order valence-electron chi connectivity index (χ2n) is 8.95. The molecule has 5 rings (SSSR count). The first-order valence-electron chi connectivity index (χ1n) is 11.2. The number of hydrogen-bond donors (Lipinski definition) is 1. The van der Waals surface area contributed by atoms with Crippen LogP contribution >= 0.6 is 11.6 Å². The lowest BCUT2D eigenvalue weighted by atomic mass is 9.90. The Morgan fingerprint density at radius 3 is 2.36 bits per heavy atom. The maximum Gasteiger partial charge on any atom is 0.338 e. The molecule has 0 amide bonds. The molecule has 1 aliphatic carbocycles. The van der Waals surface area contributed by atoms with Crippen LogP contribution < -0.4 is 4.74 Å². The number of carbonyl (C=O) groups is 1. The van der Waals surface area contributed by atoms with E-state index in [0.717, 1.165) is 31.5 Å². The standard InChI is InChI=1S/C27H25ClFNO3/c28-21-10-8-20(9-11-21)26(19-4-2-1-3-5-19)30-14-17(15-30)16-33-25-13-24(29)23(27(31)32)12-22(25)18-6-7-18/h1-5,8-13,17-18,26H,6-7,14-16H2,(H,31,32). The summed E-state index contributed by atoms with van der Waals surface area (Å²) in [6, 6.07) is 21.2. The van der Waals surface area contributed by atoms with Crippen LogP contribution in [-0.2, 0) is 0 Å². The molecule has 1 saturated heterocycles. The number of benzene rings is 3. The Hall–Kier alpha value is -2.89. The van der Waals surface area contributed by atoms with Crippen LogP contribution in [0.4, 0.5) is 4.39 Å². The van der Waals surface area contributed by atoms with Crippen molar-refractivity contribution in [3.8, 4) is 5.75 Å². The van der Waals surface area contributed by atoms with E-state index in [-0.39, 0.29) is 17.5 Å². The molecule has 0 bridgehead atoms. The van der Waals surface area contributed by atoms with Crippen molar-refractivity contribution < 1.29 is 19.0 Å². The Bertz CT molecular complexity index is 1140. The highest BCUT2D eigenvalue weighted by atomic mass is 35.5. The SMILES string of the molecule is O=C(O)c1cc(C2CC2)c(OCC2CN(C(c3ccccc3)c3ccc(Cl)cc3)C2)cc1F. The molecular weight excluding hydrogens is 441 g/mol. The van der Waals surface area contributed by atoms with Gasteiger partial charge in [-0.1, -0.05) is 54.1 Å². The Morgan fingerprint density at radius 2 is 1.73 bits per heavy atom. The Labute approximate surface area is 197 Å². The van der Waals surface area contributed by atoms with Gasteiger partial charge < -0.3 is 9.84 Å². The highest BCUT2D eigenvalue weighted by Gasteiger charge is 2.35. The molecule has 1 atom stereocenters. The number of likely N-dealkylation sites (tertiary alicyclic amines) is 1. The number of ether oxygens (including phenoxy) is 1. The van der Waals surface area contributed by atoms with Crippen molar-refractivity contribution in [2.45, 2.75) is 24.8 Å². The first kappa shape index (κ1) is 21.9. The van der Waals surface area contributed by atoms with E-state index in [0.29, 0.717) is 23.3 Å². The van der Waals surface area contributed by atoms with E-state index in [4.69, 9.17) is 16.3 Å². The molecule has 1 heterocycles. The van der Waals surface area contributed by atoms with Gasteiger partial charge >= 0.3 is 5.97 Å². The molecule has 6 heteroatoms.